The van der Waals surface area contributed by atoms with Crippen LogP contribution in [-0.2, 0) is 19.6 Å². The molecule has 0 atom stereocenters. The second kappa shape index (κ2) is 12.5. The number of hydrogen-bond donors (Lipinski definition) is 2. The van der Waals surface area contributed by atoms with E-state index in [0.29, 0.717) is 6.54 Å². The Balaban J connectivity index is 1.18. The van der Waals surface area contributed by atoms with Crippen LogP contribution in [0.1, 0.15) is 27.0 Å². The lowest BCUT2D eigenvalue weighted by atomic mass is 10.0. The van der Waals surface area contributed by atoms with Crippen LogP contribution in [0.3, 0.4) is 0 Å². The quantitative estimate of drug-likeness (QED) is 0.500. The summed E-state index contributed by atoms with van der Waals surface area (Å²) in [7, 11) is 2.17. The number of nitrogens with zero attached hydrogens (tertiary/aromatic N) is 3. The first-order valence-corrected chi connectivity index (χ1v) is 13.5. The maximum atomic E-state index is 13.0. The van der Waals surface area contributed by atoms with E-state index < -0.39 is 0 Å². The van der Waals surface area contributed by atoms with Crippen LogP contribution in [0.15, 0.2) is 72.8 Å². The van der Waals surface area contributed by atoms with Gasteiger partial charge < -0.3 is 15.5 Å². The van der Waals surface area contributed by atoms with Crippen molar-refractivity contribution in [3.8, 4) is 11.1 Å². The topological polar surface area (TPSA) is 50.9 Å². The zero-order valence-corrected chi connectivity index (χ0v) is 22.0. The predicted octanol–water partition coefficient (Wildman–Crippen LogP) is 3.44. The highest BCUT2D eigenvalue weighted by atomic mass is 16.1. The Morgan fingerprint density at radius 1 is 0.730 bits per heavy atom. The fourth-order valence-electron chi connectivity index (χ4n) is 5.20. The molecule has 0 radical (unpaired) electrons. The SMILES string of the molecule is CN1CCN(Cc2cccc(C(=O)NCc3cccc(-c4cccc(CN5CCNCC5)c4)c3)c2)CC1. The van der Waals surface area contributed by atoms with E-state index in [-0.39, 0.29) is 5.91 Å². The van der Waals surface area contributed by atoms with Gasteiger partial charge >= 0.3 is 0 Å². The molecule has 2 aliphatic heterocycles. The fourth-order valence-corrected chi connectivity index (χ4v) is 5.20. The fraction of sp³-hybridized carbons (Fsp3) is 0.387. The van der Waals surface area contributed by atoms with Crippen LogP contribution in [0, 0.1) is 0 Å². The van der Waals surface area contributed by atoms with Gasteiger partial charge in [-0.05, 0) is 59.1 Å². The first-order chi connectivity index (χ1) is 18.1. The van der Waals surface area contributed by atoms with E-state index in [2.05, 4.69) is 87.0 Å². The molecule has 0 spiro atoms. The van der Waals surface area contributed by atoms with Crippen LogP contribution in [0.5, 0.6) is 0 Å². The zero-order chi connectivity index (χ0) is 25.5. The molecule has 0 aromatic heterocycles. The molecule has 6 nitrogen and oxygen atoms in total. The Labute approximate surface area is 221 Å². The molecule has 37 heavy (non-hydrogen) atoms. The minimum Gasteiger partial charge on any atom is -0.348 e. The molecule has 3 aromatic rings. The lowest BCUT2D eigenvalue weighted by Gasteiger charge is -2.32. The van der Waals surface area contributed by atoms with Gasteiger partial charge in [0.2, 0.25) is 0 Å². The number of carbonyl (C=O) groups excluding carboxylic acids is 1. The van der Waals surface area contributed by atoms with Gasteiger partial charge in [-0.15, -0.1) is 0 Å². The van der Waals surface area contributed by atoms with Gasteiger partial charge in [0.15, 0.2) is 0 Å². The molecular formula is C31H39N5O. The first kappa shape index (κ1) is 25.6. The Morgan fingerprint density at radius 3 is 2.00 bits per heavy atom. The van der Waals surface area contributed by atoms with Crippen LogP contribution in [0.25, 0.3) is 11.1 Å². The summed E-state index contributed by atoms with van der Waals surface area (Å²) in [5.41, 5.74) is 6.77. The van der Waals surface area contributed by atoms with E-state index in [0.717, 1.165) is 76.6 Å². The molecule has 6 heteroatoms. The average Bonchev–Trinajstić information content (AvgIpc) is 2.94. The number of carbonyl (C=O) groups is 1. The summed E-state index contributed by atoms with van der Waals surface area (Å²) in [5, 5.41) is 6.54. The zero-order valence-electron chi connectivity index (χ0n) is 22.0. The van der Waals surface area contributed by atoms with Crippen molar-refractivity contribution in [1.82, 2.24) is 25.3 Å². The van der Waals surface area contributed by atoms with Crippen LogP contribution < -0.4 is 10.6 Å². The highest BCUT2D eigenvalue weighted by Gasteiger charge is 2.15. The Kier molecular flexibility index (Phi) is 8.64. The second-order valence-electron chi connectivity index (χ2n) is 10.4. The van der Waals surface area contributed by atoms with Gasteiger partial charge in [0.25, 0.3) is 5.91 Å². The third-order valence-corrected chi connectivity index (χ3v) is 7.45. The van der Waals surface area contributed by atoms with Crippen molar-refractivity contribution in [3.63, 3.8) is 0 Å². The summed E-state index contributed by atoms with van der Waals surface area (Å²) in [6, 6.07) is 25.4. The normalized spacial score (nSPS) is 17.5. The molecule has 194 valence electrons. The molecular weight excluding hydrogens is 458 g/mol. The molecule has 0 saturated carbocycles. The number of piperazine rings is 2. The summed E-state index contributed by atoms with van der Waals surface area (Å²) in [4.78, 5) is 20.3. The van der Waals surface area contributed by atoms with E-state index in [9.17, 15) is 4.79 Å². The third-order valence-electron chi connectivity index (χ3n) is 7.45. The molecule has 5 rings (SSSR count). The van der Waals surface area contributed by atoms with Crippen molar-refractivity contribution in [2.24, 2.45) is 0 Å². The summed E-state index contributed by atoms with van der Waals surface area (Å²) >= 11 is 0. The van der Waals surface area contributed by atoms with E-state index in [1.54, 1.807) is 0 Å². The Hall–Kier alpha value is -3.03. The van der Waals surface area contributed by atoms with Gasteiger partial charge in [0.05, 0.1) is 0 Å². The number of hydrogen-bond acceptors (Lipinski definition) is 5. The lowest BCUT2D eigenvalue weighted by Crippen LogP contribution is -2.43. The van der Waals surface area contributed by atoms with Gasteiger partial charge in [0, 0.05) is 77.6 Å². The molecule has 0 aliphatic carbocycles. The molecule has 1 amide bonds. The highest BCUT2D eigenvalue weighted by Crippen LogP contribution is 2.22. The van der Waals surface area contributed by atoms with Crippen LogP contribution in [-0.4, -0.2) is 80.0 Å². The highest BCUT2D eigenvalue weighted by molar-refractivity contribution is 5.94. The largest absolute Gasteiger partial charge is 0.348 e. The summed E-state index contributed by atoms with van der Waals surface area (Å²) in [6.07, 6.45) is 0. The number of amides is 1. The summed E-state index contributed by atoms with van der Waals surface area (Å²) in [6.45, 7) is 11.0. The van der Waals surface area contributed by atoms with Crippen molar-refractivity contribution in [1.29, 1.82) is 0 Å². The van der Waals surface area contributed by atoms with Gasteiger partial charge in [-0.25, -0.2) is 0 Å². The number of benzene rings is 3. The lowest BCUT2D eigenvalue weighted by molar-refractivity contribution is 0.0950. The van der Waals surface area contributed by atoms with Gasteiger partial charge in [-0.1, -0.05) is 48.5 Å². The van der Waals surface area contributed by atoms with Gasteiger partial charge in [-0.3, -0.25) is 14.6 Å². The average molecular weight is 498 g/mol. The van der Waals surface area contributed by atoms with E-state index in [4.69, 9.17) is 0 Å². The van der Waals surface area contributed by atoms with E-state index in [1.165, 1.54) is 22.3 Å². The van der Waals surface area contributed by atoms with E-state index >= 15 is 0 Å². The summed E-state index contributed by atoms with van der Waals surface area (Å²) in [5.74, 6) is -0.0244. The van der Waals surface area contributed by atoms with E-state index in [1.807, 2.05) is 18.2 Å². The van der Waals surface area contributed by atoms with Crippen LogP contribution in [0.2, 0.25) is 0 Å². The maximum absolute atomic E-state index is 13.0. The monoisotopic (exact) mass is 497 g/mol. The van der Waals surface area contributed by atoms with Crippen LogP contribution >= 0.6 is 0 Å². The predicted molar refractivity (Wildman–Crippen MR) is 150 cm³/mol. The van der Waals surface area contributed by atoms with Crippen molar-refractivity contribution in [2.75, 3.05) is 59.4 Å². The third kappa shape index (κ3) is 7.27. The minimum absolute atomic E-state index is 0.0244. The maximum Gasteiger partial charge on any atom is 0.251 e. The molecule has 2 heterocycles. The standard InChI is InChI=1S/C31H39N5O/c1-34-15-17-36(18-16-34)24-27-7-4-10-30(21-27)31(37)33-22-25-5-2-8-28(19-25)29-9-3-6-26(20-29)23-35-13-11-32-12-14-35/h2-10,19-21,32H,11-18,22-24H2,1H3,(H,33,37). The minimum atomic E-state index is -0.0244. The van der Waals surface area contributed by atoms with Gasteiger partial charge in [0.1, 0.15) is 0 Å². The smallest absolute Gasteiger partial charge is 0.251 e. The molecule has 0 unspecified atom stereocenters. The Morgan fingerprint density at radius 2 is 1.30 bits per heavy atom. The molecule has 3 aromatic carbocycles. The van der Waals surface area contributed by atoms with Gasteiger partial charge in [-0.2, -0.15) is 0 Å². The van der Waals surface area contributed by atoms with Crippen molar-refractivity contribution in [3.05, 3.63) is 95.1 Å². The number of likely N-dealkylation sites (N-methyl/N-ethyl adjacent to an activating group) is 1. The molecule has 0 bridgehead atoms. The number of nitrogens with one attached hydrogen (secondary N) is 2. The first-order valence-electron chi connectivity index (χ1n) is 13.5. The molecule has 2 aliphatic rings. The molecule has 2 fully saturated rings. The van der Waals surface area contributed by atoms with Crippen molar-refractivity contribution in [2.45, 2.75) is 19.6 Å². The van der Waals surface area contributed by atoms with Crippen LogP contribution in [0.4, 0.5) is 0 Å². The second-order valence-corrected chi connectivity index (χ2v) is 10.4. The van der Waals surface area contributed by atoms with Crippen molar-refractivity contribution < 1.29 is 4.79 Å². The number of rotatable bonds is 8. The molecule has 2 N–H and O–H groups in total. The molecule has 2 saturated heterocycles. The Bertz CT molecular complexity index is 1180. The summed E-state index contributed by atoms with van der Waals surface area (Å²) < 4.78 is 0. The van der Waals surface area contributed by atoms with Crippen molar-refractivity contribution >= 4 is 5.91 Å².